The molecule has 0 amide bonds. The van der Waals surface area contributed by atoms with Crippen LogP contribution in [0.25, 0.3) is 0 Å². The van der Waals surface area contributed by atoms with Crippen LogP contribution in [-0.2, 0) is 13.0 Å². The van der Waals surface area contributed by atoms with Crippen LogP contribution in [0.2, 0.25) is 0 Å². The zero-order valence-electron chi connectivity index (χ0n) is 10.5. The minimum absolute atomic E-state index is 0.738. The summed E-state index contributed by atoms with van der Waals surface area (Å²) in [7, 11) is 1.95. The van der Waals surface area contributed by atoms with E-state index in [1.54, 1.807) is 0 Å². The van der Waals surface area contributed by atoms with Gasteiger partial charge in [-0.15, -0.1) is 0 Å². The average Bonchev–Trinajstić information content (AvgIpc) is 2.27. The molecule has 0 saturated heterocycles. The molecule has 0 atom stereocenters. The van der Waals surface area contributed by atoms with Gasteiger partial charge < -0.3 is 10.1 Å². The molecule has 16 heavy (non-hydrogen) atoms. The van der Waals surface area contributed by atoms with Crippen molar-refractivity contribution in [1.29, 1.82) is 0 Å². The van der Waals surface area contributed by atoms with Gasteiger partial charge in [-0.2, -0.15) is 0 Å². The number of nitrogens with one attached hydrogen (secondary N) is 1. The van der Waals surface area contributed by atoms with Gasteiger partial charge in [0, 0.05) is 18.3 Å². The molecular formula is C13H22N2O. The van der Waals surface area contributed by atoms with Crippen molar-refractivity contribution in [2.24, 2.45) is 0 Å². The second kappa shape index (κ2) is 7.23. The molecule has 0 aliphatic rings. The van der Waals surface area contributed by atoms with Crippen LogP contribution in [0.1, 0.15) is 37.9 Å². The van der Waals surface area contributed by atoms with Gasteiger partial charge in [0.05, 0.1) is 6.61 Å². The predicted molar refractivity (Wildman–Crippen MR) is 66.8 cm³/mol. The van der Waals surface area contributed by atoms with Crippen molar-refractivity contribution in [3.8, 4) is 5.88 Å². The number of rotatable bonds is 7. The van der Waals surface area contributed by atoms with Crippen LogP contribution in [0, 0.1) is 0 Å². The van der Waals surface area contributed by atoms with Crippen molar-refractivity contribution in [3.05, 3.63) is 23.4 Å². The summed E-state index contributed by atoms with van der Waals surface area (Å²) in [5.74, 6) is 0.762. The van der Waals surface area contributed by atoms with Crippen LogP contribution in [-0.4, -0.2) is 18.6 Å². The normalized spacial score (nSPS) is 10.4. The maximum atomic E-state index is 5.59. The standard InChI is InChI=1S/C13H22N2O/c1-4-6-12-8-11(10-14-3)9-13(15-12)16-7-5-2/h8-9,14H,4-7,10H2,1-3H3. The van der Waals surface area contributed by atoms with Crippen LogP contribution in [0.5, 0.6) is 5.88 Å². The van der Waals surface area contributed by atoms with E-state index in [9.17, 15) is 0 Å². The summed E-state index contributed by atoms with van der Waals surface area (Å²) in [6.45, 7) is 5.87. The Balaban J connectivity index is 2.80. The number of ether oxygens (including phenoxy) is 1. The summed E-state index contributed by atoms with van der Waals surface area (Å²) >= 11 is 0. The molecule has 0 saturated carbocycles. The summed E-state index contributed by atoms with van der Waals surface area (Å²) in [4.78, 5) is 4.49. The minimum Gasteiger partial charge on any atom is -0.478 e. The highest BCUT2D eigenvalue weighted by Gasteiger charge is 2.02. The quantitative estimate of drug-likeness (QED) is 0.770. The van der Waals surface area contributed by atoms with Crippen molar-refractivity contribution in [2.75, 3.05) is 13.7 Å². The largest absolute Gasteiger partial charge is 0.478 e. The second-order valence-electron chi connectivity index (χ2n) is 3.93. The van der Waals surface area contributed by atoms with E-state index in [0.29, 0.717) is 0 Å². The van der Waals surface area contributed by atoms with Gasteiger partial charge >= 0.3 is 0 Å². The monoisotopic (exact) mass is 222 g/mol. The first-order chi connectivity index (χ1) is 7.80. The lowest BCUT2D eigenvalue weighted by Gasteiger charge is -2.09. The molecule has 0 aliphatic heterocycles. The summed E-state index contributed by atoms with van der Waals surface area (Å²) in [5.41, 5.74) is 2.37. The maximum Gasteiger partial charge on any atom is 0.213 e. The fraction of sp³-hybridized carbons (Fsp3) is 0.615. The van der Waals surface area contributed by atoms with Crippen molar-refractivity contribution in [1.82, 2.24) is 10.3 Å². The van der Waals surface area contributed by atoms with Gasteiger partial charge in [0.2, 0.25) is 5.88 Å². The van der Waals surface area contributed by atoms with Crippen molar-refractivity contribution < 1.29 is 4.74 Å². The summed E-state index contributed by atoms with van der Waals surface area (Å²) < 4.78 is 5.59. The third-order valence-electron chi connectivity index (χ3n) is 2.26. The molecule has 0 radical (unpaired) electrons. The zero-order valence-corrected chi connectivity index (χ0v) is 10.5. The Morgan fingerprint density at radius 1 is 1.25 bits per heavy atom. The van der Waals surface area contributed by atoms with E-state index >= 15 is 0 Å². The Hall–Kier alpha value is -1.09. The molecule has 90 valence electrons. The summed E-state index contributed by atoms with van der Waals surface area (Å²) in [6, 6.07) is 4.17. The van der Waals surface area contributed by atoms with Crippen LogP contribution < -0.4 is 10.1 Å². The molecule has 3 heteroatoms. The van der Waals surface area contributed by atoms with E-state index in [4.69, 9.17) is 4.74 Å². The molecule has 0 aliphatic carbocycles. The van der Waals surface area contributed by atoms with Gasteiger partial charge in [-0.25, -0.2) is 4.98 Å². The van der Waals surface area contributed by atoms with E-state index in [2.05, 4.69) is 30.2 Å². The topological polar surface area (TPSA) is 34.1 Å². The Labute approximate surface area is 98.2 Å². The summed E-state index contributed by atoms with van der Waals surface area (Å²) in [5, 5.41) is 3.15. The van der Waals surface area contributed by atoms with Crippen LogP contribution in [0.4, 0.5) is 0 Å². The number of hydrogen-bond acceptors (Lipinski definition) is 3. The molecule has 1 rings (SSSR count). The summed E-state index contributed by atoms with van der Waals surface area (Å²) in [6.07, 6.45) is 3.14. The molecule has 0 spiro atoms. The van der Waals surface area contributed by atoms with E-state index < -0.39 is 0 Å². The molecule has 0 bridgehead atoms. The third-order valence-corrected chi connectivity index (χ3v) is 2.26. The highest BCUT2D eigenvalue weighted by molar-refractivity contribution is 5.25. The van der Waals surface area contributed by atoms with Gasteiger partial charge in [-0.1, -0.05) is 20.3 Å². The van der Waals surface area contributed by atoms with E-state index in [1.165, 1.54) is 5.56 Å². The molecule has 1 heterocycles. The number of hydrogen-bond donors (Lipinski definition) is 1. The lowest BCUT2D eigenvalue weighted by molar-refractivity contribution is 0.304. The first-order valence-electron chi connectivity index (χ1n) is 6.07. The SMILES string of the molecule is CCCOc1cc(CNC)cc(CCC)n1. The number of aryl methyl sites for hydroxylation is 1. The van der Waals surface area contributed by atoms with Gasteiger partial charge in [-0.05, 0) is 31.5 Å². The van der Waals surface area contributed by atoms with E-state index in [1.807, 2.05) is 13.1 Å². The minimum atomic E-state index is 0.738. The maximum absolute atomic E-state index is 5.59. The van der Waals surface area contributed by atoms with Gasteiger partial charge in [0.1, 0.15) is 0 Å². The molecule has 0 aromatic carbocycles. The predicted octanol–water partition coefficient (Wildman–Crippen LogP) is 2.54. The first kappa shape index (κ1) is 13.0. The highest BCUT2D eigenvalue weighted by Crippen LogP contribution is 2.14. The van der Waals surface area contributed by atoms with Gasteiger partial charge in [-0.3, -0.25) is 0 Å². The lowest BCUT2D eigenvalue weighted by Crippen LogP contribution is -2.07. The molecule has 0 unspecified atom stereocenters. The molecule has 0 fully saturated rings. The Bertz CT molecular complexity index is 289. The fourth-order valence-electron chi connectivity index (χ4n) is 1.59. The number of pyridine rings is 1. The van der Waals surface area contributed by atoms with Crippen molar-refractivity contribution >= 4 is 0 Å². The Morgan fingerprint density at radius 3 is 2.69 bits per heavy atom. The Kier molecular flexibility index (Phi) is 5.86. The first-order valence-corrected chi connectivity index (χ1v) is 6.07. The van der Waals surface area contributed by atoms with E-state index in [-0.39, 0.29) is 0 Å². The molecule has 1 aromatic heterocycles. The van der Waals surface area contributed by atoms with Crippen LogP contribution >= 0.6 is 0 Å². The second-order valence-corrected chi connectivity index (χ2v) is 3.93. The molecular weight excluding hydrogens is 200 g/mol. The zero-order chi connectivity index (χ0) is 11.8. The van der Waals surface area contributed by atoms with Crippen molar-refractivity contribution in [2.45, 2.75) is 39.7 Å². The van der Waals surface area contributed by atoms with Crippen molar-refractivity contribution in [3.63, 3.8) is 0 Å². The molecule has 3 nitrogen and oxygen atoms in total. The number of nitrogens with zero attached hydrogens (tertiary/aromatic N) is 1. The Morgan fingerprint density at radius 2 is 2.06 bits per heavy atom. The van der Waals surface area contributed by atoms with Crippen LogP contribution in [0.15, 0.2) is 12.1 Å². The van der Waals surface area contributed by atoms with E-state index in [0.717, 1.165) is 44.0 Å². The van der Waals surface area contributed by atoms with Gasteiger partial charge in [0.15, 0.2) is 0 Å². The smallest absolute Gasteiger partial charge is 0.213 e. The van der Waals surface area contributed by atoms with Crippen LogP contribution in [0.3, 0.4) is 0 Å². The lowest BCUT2D eigenvalue weighted by atomic mass is 10.1. The fourth-order valence-corrected chi connectivity index (χ4v) is 1.59. The van der Waals surface area contributed by atoms with Gasteiger partial charge in [0.25, 0.3) is 0 Å². The molecule has 1 aromatic rings. The highest BCUT2D eigenvalue weighted by atomic mass is 16.5. The average molecular weight is 222 g/mol. The number of aromatic nitrogens is 1. The third kappa shape index (κ3) is 4.19. The molecule has 1 N–H and O–H groups in total.